The number of carbonyl (C=O) groups excluding carboxylic acids is 1. The van der Waals surface area contributed by atoms with Crippen molar-refractivity contribution in [2.24, 2.45) is 0 Å². The van der Waals surface area contributed by atoms with Crippen molar-refractivity contribution >= 4 is 6.29 Å². The third kappa shape index (κ3) is 5.16. The number of ether oxygens (including phenoxy) is 3. The lowest BCUT2D eigenvalue weighted by molar-refractivity contribution is -0.121. The molecule has 0 amide bonds. The molecule has 1 aliphatic rings. The van der Waals surface area contributed by atoms with Crippen molar-refractivity contribution in [1.82, 2.24) is 0 Å². The number of rotatable bonds is 4. The van der Waals surface area contributed by atoms with Gasteiger partial charge in [-0.25, -0.2) is 0 Å². The smallest absolute Gasteiger partial charge is 0.151 e. The van der Waals surface area contributed by atoms with E-state index in [2.05, 4.69) is 0 Å². The molecule has 4 unspecified atom stereocenters. The molecule has 0 radical (unpaired) electrons. The average molecular weight is 250 g/mol. The molecule has 8 nitrogen and oxygen atoms in total. The van der Waals surface area contributed by atoms with Gasteiger partial charge in [-0.1, -0.05) is 0 Å². The number of aliphatic hydroxyl groups excluding tert-OH is 2. The Bertz CT molecular complexity index is 213. The molecule has 2 N–H and O–H groups in total. The van der Waals surface area contributed by atoms with Crippen LogP contribution in [0.3, 0.4) is 0 Å². The molecule has 0 saturated carbocycles. The fraction of sp³-hybridized carbons (Fsp3) is 0.889. The minimum Gasteiger partial charge on any atom is -0.400 e. The second kappa shape index (κ2) is 11.4. The fourth-order valence-corrected chi connectivity index (χ4v) is 1.47. The van der Waals surface area contributed by atoms with E-state index >= 15 is 0 Å². The Morgan fingerprint density at radius 3 is 2.24 bits per heavy atom. The van der Waals surface area contributed by atoms with Gasteiger partial charge in [0, 0.05) is 32.1 Å². The summed E-state index contributed by atoms with van der Waals surface area (Å²) in [6.07, 6.45) is -1.99. The molecule has 0 spiro atoms. The van der Waals surface area contributed by atoms with Crippen LogP contribution in [0.1, 0.15) is 0 Å². The van der Waals surface area contributed by atoms with Crippen molar-refractivity contribution in [2.45, 2.75) is 24.4 Å². The highest BCUT2D eigenvalue weighted by molar-refractivity contribution is 5.58. The summed E-state index contributed by atoms with van der Waals surface area (Å²) in [6, 6.07) is 0. The van der Waals surface area contributed by atoms with E-state index in [1.54, 1.807) is 0 Å². The summed E-state index contributed by atoms with van der Waals surface area (Å²) in [5, 5.41) is 28.5. The number of aldehydes is 1. The van der Waals surface area contributed by atoms with Gasteiger partial charge < -0.3 is 29.2 Å². The molecule has 4 atom stereocenters. The maximum Gasteiger partial charge on any atom is 0.151 e. The predicted octanol–water partition coefficient (Wildman–Crippen LogP) is -1.39. The van der Waals surface area contributed by atoms with Crippen molar-refractivity contribution < 1.29 is 29.2 Å². The molecule has 1 heterocycles. The standard InChI is InChI=1S/C8H14O5.CH4O.N2/c1-11-4-6-8(12-2)7(10)5(3-9)13-6;2*1-2/h3,5-8,10H,4H2,1-2H3;2H,1H3;. The lowest BCUT2D eigenvalue weighted by atomic mass is 10.1. The highest BCUT2D eigenvalue weighted by Crippen LogP contribution is 2.22. The zero-order chi connectivity index (χ0) is 13.8. The Morgan fingerprint density at radius 2 is 1.88 bits per heavy atom. The van der Waals surface area contributed by atoms with Gasteiger partial charge in [0.15, 0.2) is 6.29 Å². The van der Waals surface area contributed by atoms with Gasteiger partial charge in [-0.2, -0.15) is 0 Å². The molecule has 0 aromatic rings. The lowest BCUT2D eigenvalue weighted by Crippen LogP contribution is -2.36. The number of hydrogen-bond donors (Lipinski definition) is 2. The highest BCUT2D eigenvalue weighted by Gasteiger charge is 2.43. The summed E-state index contributed by atoms with van der Waals surface area (Å²) in [4.78, 5) is 10.4. The number of hydrogen-bond acceptors (Lipinski definition) is 8. The van der Waals surface area contributed by atoms with Crippen LogP contribution in [0.5, 0.6) is 0 Å². The zero-order valence-corrected chi connectivity index (χ0v) is 10.0. The fourth-order valence-electron chi connectivity index (χ4n) is 1.47. The Balaban J connectivity index is 0. The SMILES string of the molecule is CO.COCC1OC(C=O)C(O)C1OC.N#N. The Morgan fingerprint density at radius 1 is 1.35 bits per heavy atom. The van der Waals surface area contributed by atoms with Crippen LogP contribution < -0.4 is 0 Å². The van der Waals surface area contributed by atoms with Crippen LogP contribution in [0, 0.1) is 10.8 Å². The minimum atomic E-state index is -0.900. The van der Waals surface area contributed by atoms with E-state index in [1.807, 2.05) is 0 Å². The van der Waals surface area contributed by atoms with Gasteiger partial charge in [0.25, 0.3) is 0 Å². The highest BCUT2D eigenvalue weighted by atomic mass is 16.6. The van der Waals surface area contributed by atoms with E-state index in [9.17, 15) is 9.90 Å². The Kier molecular flexibility index (Phi) is 12.2. The van der Waals surface area contributed by atoms with Crippen molar-refractivity contribution in [3.63, 3.8) is 0 Å². The van der Waals surface area contributed by atoms with Crippen molar-refractivity contribution in [3.8, 4) is 0 Å². The second-order valence-corrected chi connectivity index (χ2v) is 2.92. The Labute approximate surface area is 99.5 Å². The quantitative estimate of drug-likeness (QED) is 0.460. The normalized spacial score (nSPS) is 30.5. The average Bonchev–Trinajstić information content (AvgIpc) is 2.70. The van der Waals surface area contributed by atoms with E-state index in [0.29, 0.717) is 12.9 Å². The topological polar surface area (TPSA) is 133 Å². The van der Waals surface area contributed by atoms with Crippen molar-refractivity contribution in [1.29, 1.82) is 10.8 Å². The van der Waals surface area contributed by atoms with Gasteiger partial charge in [0.2, 0.25) is 0 Å². The number of methoxy groups -OCH3 is 2. The van der Waals surface area contributed by atoms with E-state index in [0.717, 1.165) is 7.11 Å². The first-order chi connectivity index (χ1) is 8.24. The summed E-state index contributed by atoms with van der Waals surface area (Å²) in [6.45, 7) is 0.305. The first-order valence-corrected chi connectivity index (χ1v) is 4.69. The van der Waals surface area contributed by atoms with Crippen LogP contribution in [0.4, 0.5) is 0 Å². The Hall–Kier alpha value is -1.11. The summed E-state index contributed by atoms with van der Waals surface area (Å²) in [5.74, 6) is 0. The maximum atomic E-state index is 10.4. The third-order valence-electron chi connectivity index (χ3n) is 2.11. The van der Waals surface area contributed by atoms with Crippen LogP contribution in [-0.4, -0.2) is 68.9 Å². The number of nitrogens with zero attached hydrogens (tertiary/aromatic N) is 2. The molecular weight excluding hydrogens is 232 g/mol. The largest absolute Gasteiger partial charge is 0.400 e. The van der Waals surface area contributed by atoms with E-state index in [4.69, 9.17) is 30.1 Å². The van der Waals surface area contributed by atoms with E-state index < -0.39 is 18.3 Å². The molecule has 0 aliphatic carbocycles. The van der Waals surface area contributed by atoms with Crippen LogP contribution in [0.25, 0.3) is 0 Å². The van der Waals surface area contributed by atoms with Gasteiger partial charge in [-0.15, -0.1) is 0 Å². The van der Waals surface area contributed by atoms with Crippen LogP contribution in [0.2, 0.25) is 0 Å². The molecular formula is C9H18N2O6. The third-order valence-corrected chi connectivity index (χ3v) is 2.11. The summed E-state index contributed by atoms with van der Waals surface area (Å²) >= 11 is 0. The molecule has 100 valence electrons. The summed E-state index contributed by atoms with van der Waals surface area (Å²) < 4.78 is 15.1. The van der Waals surface area contributed by atoms with Gasteiger partial charge in [0.1, 0.15) is 24.4 Å². The first-order valence-electron chi connectivity index (χ1n) is 4.69. The molecule has 1 rings (SSSR count). The summed E-state index contributed by atoms with van der Waals surface area (Å²) in [5.41, 5.74) is 0. The molecule has 1 saturated heterocycles. The van der Waals surface area contributed by atoms with Crippen LogP contribution in [-0.2, 0) is 19.0 Å². The monoisotopic (exact) mass is 250 g/mol. The van der Waals surface area contributed by atoms with Crippen LogP contribution in [0.15, 0.2) is 0 Å². The van der Waals surface area contributed by atoms with Crippen LogP contribution >= 0.6 is 0 Å². The van der Waals surface area contributed by atoms with Gasteiger partial charge in [-0.05, 0) is 0 Å². The molecule has 1 aliphatic heterocycles. The van der Waals surface area contributed by atoms with E-state index in [1.165, 1.54) is 14.2 Å². The number of carbonyl (C=O) groups is 1. The molecule has 17 heavy (non-hydrogen) atoms. The van der Waals surface area contributed by atoms with Gasteiger partial charge in [-0.3, -0.25) is 0 Å². The first kappa shape index (κ1) is 18.3. The maximum absolute atomic E-state index is 10.4. The molecule has 8 heteroatoms. The molecule has 0 bridgehead atoms. The van der Waals surface area contributed by atoms with Crippen molar-refractivity contribution in [2.75, 3.05) is 27.9 Å². The van der Waals surface area contributed by atoms with E-state index in [-0.39, 0.29) is 6.10 Å². The summed E-state index contributed by atoms with van der Waals surface area (Å²) in [7, 11) is 3.99. The molecule has 0 aromatic heterocycles. The van der Waals surface area contributed by atoms with Gasteiger partial charge >= 0.3 is 0 Å². The number of aliphatic hydroxyl groups is 2. The minimum absolute atomic E-state index is 0.305. The second-order valence-electron chi connectivity index (χ2n) is 2.92. The van der Waals surface area contributed by atoms with Crippen molar-refractivity contribution in [3.05, 3.63) is 0 Å². The molecule has 0 aromatic carbocycles. The lowest BCUT2D eigenvalue weighted by Gasteiger charge is -2.17. The molecule has 1 fully saturated rings. The van der Waals surface area contributed by atoms with Gasteiger partial charge in [0.05, 0.1) is 6.61 Å². The predicted molar refractivity (Wildman–Crippen MR) is 55.0 cm³/mol. The zero-order valence-electron chi connectivity index (χ0n) is 10.0.